The highest BCUT2D eigenvalue weighted by Gasteiger charge is 2.19. The molecule has 1 aliphatic rings. The molecule has 0 spiro atoms. The van der Waals surface area contributed by atoms with Crippen molar-refractivity contribution in [2.45, 2.75) is 6.92 Å². The molecule has 1 heterocycles. The quantitative estimate of drug-likeness (QED) is 0.823. The Morgan fingerprint density at radius 1 is 1.04 bits per heavy atom. The highest BCUT2D eigenvalue weighted by molar-refractivity contribution is 7.80. The third kappa shape index (κ3) is 4.15. The maximum atomic E-state index is 6.08. The summed E-state index contributed by atoms with van der Waals surface area (Å²) in [4.78, 5) is 4.57. The summed E-state index contributed by atoms with van der Waals surface area (Å²) in [5.41, 5.74) is 3.45. The standard InChI is InChI=1S/C18H20ClN3S/c1-14-4-2-6-16(12-14)20-18(23)22-10-8-21(9-11-22)17-7-3-5-15(19)13-17/h2-7,12-13H,8-11H2,1H3,(H,20,23). The number of piperazine rings is 1. The van der Waals surface area contributed by atoms with E-state index in [1.165, 1.54) is 11.3 Å². The summed E-state index contributed by atoms with van der Waals surface area (Å²) in [5, 5.41) is 4.91. The first-order chi connectivity index (χ1) is 11.1. The van der Waals surface area contributed by atoms with E-state index in [1.54, 1.807) is 0 Å². The Morgan fingerprint density at radius 2 is 1.78 bits per heavy atom. The van der Waals surface area contributed by atoms with E-state index < -0.39 is 0 Å². The summed E-state index contributed by atoms with van der Waals surface area (Å²) in [7, 11) is 0. The molecule has 23 heavy (non-hydrogen) atoms. The molecule has 0 aliphatic carbocycles. The van der Waals surface area contributed by atoms with Gasteiger partial charge in [0.25, 0.3) is 0 Å². The van der Waals surface area contributed by atoms with Gasteiger partial charge in [-0.2, -0.15) is 0 Å². The summed E-state index contributed by atoms with van der Waals surface area (Å²) >= 11 is 11.6. The van der Waals surface area contributed by atoms with Crippen LogP contribution in [0.4, 0.5) is 11.4 Å². The predicted octanol–water partition coefficient (Wildman–Crippen LogP) is 4.17. The summed E-state index contributed by atoms with van der Waals surface area (Å²) in [6.07, 6.45) is 0. The van der Waals surface area contributed by atoms with Gasteiger partial charge >= 0.3 is 0 Å². The van der Waals surface area contributed by atoms with Gasteiger partial charge in [0, 0.05) is 42.6 Å². The number of nitrogens with zero attached hydrogens (tertiary/aromatic N) is 2. The normalized spacial score (nSPS) is 14.7. The van der Waals surface area contributed by atoms with E-state index in [9.17, 15) is 0 Å². The topological polar surface area (TPSA) is 18.5 Å². The molecule has 1 aliphatic heterocycles. The van der Waals surface area contributed by atoms with Crippen LogP contribution in [-0.4, -0.2) is 36.2 Å². The van der Waals surface area contributed by atoms with Crippen LogP contribution < -0.4 is 10.2 Å². The van der Waals surface area contributed by atoms with Gasteiger partial charge in [0.1, 0.15) is 0 Å². The average Bonchev–Trinajstić information content (AvgIpc) is 2.55. The van der Waals surface area contributed by atoms with Crippen molar-refractivity contribution in [3.63, 3.8) is 0 Å². The fourth-order valence-corrected chi connectivity index (χ4v) is 3.25. The van der Waals surface area contributed by atoms with Gasteiger partial charge in [-0.3, -0.25) is 0 Å². The van der Waals surface area contributed by atoms with Crippen LogP contribution in [0.15, 0.2) is 48.5 Å². The van der Waals surface area contributed by atoms with E-state index in [2.05, 4.69) is 40.2 Å². The van der Waals surface area contributed by atoms with Crippen molar-refractivity contribution in [2.75, 3.05) is 36.4 Å². The second-order valence-electron chi connectivity index (χ2n) is 5.75. The number of hydrogen-bond acceptors (Lipinski definition) is 2. The lowest BCUT2D eigenvalue weighted by molar-refractivity contribution is 0.391. The molecule has 0 radical (unpaired) electrons. The number of hydrogen-bond donors (Lipinski definition) is 1. The largest absolute Gasteiger partial charge is 0.368 e. The van der Waals surface area contributed by atoms with Crippen LogP contribution in [0.5, 0.6) is 0 Å². The minimum atomic E-state index is 0.779. The monoisotopic (exact) mass is 345 g/mol. The highest BCUT2D eigenvalue weighted by atomic mass is 35.5. The number of aryl methyl sites for hydroxylation is 1. The minimum Gasteiger partial charge on any atom is -0.368 e. The molecule has 120 valence electrons. The van der Waals surface area contributed by atoms with E-state index >= 15 is 0 Å². The van der Waals surface area contributed by atoms with Gasteiger partial charge in [-0.05, 0) is 55.0 Å². The maximum Gasteiger partial charge on any atom is 0.173 e. The lowest BCUT2D eigenvalue weighted by atomic mass is 10.2. The second-order valence-corrected chi connectivity index (χ2v) is 6.58. The van der Waals surface area contributed by atoms with E-state index in [4.69, 9.17) is 23.8 Å². The molecule has 1 fully saturated rings. The lowest BCUT2D eigenvalue weighted by Gasteiger charge is -2.37. The van der Waals surface area contributed by atoms with Gasteiger partial charge in [-0.25, -0.2) is 0 Å². The van der Waals surface area contributed by atoms with Gasteiger partial charge in [0.2, 0.25) is 0 Å². The van der Waals surface area contributed by atoms with Crippen molar-refractivity contribution < 1.29 is 0 Å². The molecule has 0 saturated carbocycles. The Labute approximate surface area is 147 Å². The third-order valence-electron chi connectivity index (χ3n) is 4.01. The predicted molar refractivity (Wildman–Crippen MR) is 103 cm³/mol. The van der Waals surface area contributed by atoms with Crippen LogP contribution in [0.3, 0.4) is 0 Å². The fraction of sp³-hybridized carbons (Fsp3) is 0.278. The Bertz CT molecular complexity index is 696. The fourth-order valence-electron chi connectivity index (χ4n) is 2.77. The summed E-state index contributed by atoms with van der Waals surface area (Å²) in [6.45, 7) is 5.78. The van der Waals surface area contributed by atoms with Gasteiger partial charge in [0.05, 0.1) is 0 Å². The Kier molecular flexibility index (Phi) is 5.03. The van der Waals surface area contributed by atoms with Crippen LogP contribution in [0.25, 0.3) is 0 Å². The van der Waals surface area contributed by atoms with Crippen LogP contribution in [0.2, 0.25) is 5.02 Å². The van der Waals surface area contributed by atoms with E-state index in [1.807, 2.05) is 30.3 Å². The third-order valence-corrected chi connectivity index (χ3v) is 4.60. The molecule has 2 aromatic rings. The maximum absolute atomic E-state index is 6.08. The van der Waals surface area contributed by atoms with Crippen molar-refractivity contribution in [1.82, 2.24) is 4.90 Å². The molecule has 0 aromatic heterocycles. The number of benzene rings is 2. The van der Waals surface area contributed by atoms with Gasteiger partial charge in [-0.1, -0.05) is 29.8 Å². The molecule has 0 unspecified atom stereocenters. The van der Waals surface area contributed by atoms with Gasteiger partial charge in [0.15, 0.2) is 5.11 Å². The molecule has 0 bridgehead atoms. The Hall–Kier alpha value is -1.78. The molecule has 3 rings (SSSR count). The first-order valence-corrected chi connectivity index (χ1v) is 8.53. The van der Waals surface area contributed by atoms with Gasteiger partial charge < -0.3 is 15.1 Å². The van der Waals surface area contributed by atoms with Crippen LogP contribution in [0.1, 0.15) is 5.56 Å². The molecular weight excluding hydrogens is 326 g/mol. The van der Waals surface area contributed by atoms with Gasteiger partial charge in [-0.15, -0.1) is 0 Å². The van der Waals surface area contributed by atoms with Crippen LogP contribution >= 0.6 is 23.8 Å². The number of nitrogens with one attached hydrogen (secondary N) is 1. The SMILES string of the molecule is Cc1cccc(NC(=S)N2CCN(c3cccc(Cl)c3)CC2)c1. The Balaban J connectivity index is 1.57. The smallest absolute Gasteiger partial charge is 0.173 e. The zero-order valence-electron chi connectivity index (χ0n) is 13.1. The van der Waals surface area contributed by atoms with Crippen LogP contribution in [-0.2, 0) is 0 Å². The lowest BCUT2D eigenvalue weighted by Crippen LogP contribution is -2.50. The average molecular weight is 346 g/mol. The van der Waals surface area contributed by atoms with Crippen molar-refractivity contribution in [3.8, 4) is 0 Å². The molecular formula is C18H20ClN3S. The molecule has 3 nitrogen and oxygen atoms in total. The van der Waals surface area contributed by atoms with E-state index in [0.717, 1.165) is 42.0 Å². The molecule has 1 saturated heterocycles. The number of halogens is 1. The van der Waals surface area contributed by atoms with Crippen molar-refractivity contribution >= 4 is 40.3 Å². The summed E-state index contributed by atoms with van der Waals surface area (Å²) < 4.78 is 0. The zero-order valence-corrected chi connectivity index (χ0v) is 14.7. The highest BCUT2D eigenvalue weighted by Crippen LogP contribution is 2.21. The van der Waals surface area contributed by atoms with Crippen LogP contribution in [0, 0.1) is 6.92 Å². The molecule has 0 amide bonds. The van der Waals surface area contributed by atoms with Crippen molar-refractivity contribution in [1.29, 1.82) is 0 Å². The van der Waals surface area contributed by atoms with E-state index in [0.29, 0.717) is 0 Å². The second kappa shape index (κ2) is 7.20. The molecule has 1 N–H and O–H groups in total. The van der Waals surface area contributed by atoms with Crippen molar-refractivity contribution in [2.24, 2.45) is 0 Å². The summed E-state index contributed by atoms with van der Waals surface area (Å²) in [6, 6.07) is 16.3. The minimum absolute atomic E-state index is 0.779. The number of rotatable bonds is 2. The zero-order chi connectivity index (χ0) is 16.2. The Morgan fingerprint density at radius 3 is 2.48 bits per heavy atom. The first-order valence-electron chi connectivity index (χ1n) is 7.75. The van der Waals surface area contributed by atoms with Crippen molar-refractivity contribution in [3.05, 3.63) is 59.1 Å². The number of anilines is 2. The molecule has 2 aromatic carbocycles. The van der Waals surface area contributed by atoms with E-state index in [-0.39, 0.29) is 0 Å². The first kappa shape index (κ1) is 16.1. The molecule has 5 heteroatoms. The molecule has 0 atom stereocenters. The summed E-state index contributed by atoms with van der Waals surface area (Å²) in [5.74, 6) is 0. The number of thiocarbonyl (C=S) groups is 1.